The van der Waals surface area contributed by atoms with E-state index < -0.39 is 0 Å². The van der Waals surface area contributed by atoms with Crippen molar-refractivity contribution in [2.24, 2.45) is 17.8 Å². The van der Waals surface area contributed by atoms with Gasteiger partial charge < -0.3 is 4.74 Å². The summed E-state index contributed by atoms with van der Waals surface area (Å²) in [4.78, 5) is 0. The van der Waals surface area contributed by atoms with Gasteiger partial charge in [0.15, 0.2) is 0 Å². The van der Waals surface area contributed by atoms with Gasteiger partial charge in [0.25, 0.3) is 0 Å². The van der Waals surface area contributed by atoms with E-state index in [0.29, 0.717) is 17.9 Å². The quantitative estimate of drug-likeness (QED) is 0.302. The van der Waals surface area contributed by atoms with Crippen molar-refractivity contribution in [3.63, 3.8) is 0 Å². The number of benzene rings is 1. The van der Waals surface area contributed by atoms with Gasteiger partial charge in [-0.25, -0.2) is 4.39 Å². The van der Waals surface area contributed by atoms with Crippen molar-refractivity contribution in [1.82, 2.24) is 0 Å². The monoisotopic (exact) mass is 456 g/mol. The fraction of sp³-hybridized carbons (Fsp3) is 0.806. The van der Waals surface area contributed by atoms with Crippen LogP contribution in [-0.2, 0) is 17.6 Å². The molecule has 0 aromatic heterocycles. The zero-order valence-electron chi connectivity index (χ0n) is 21.6. The highest BCUT2D eigenvalue weighted by Gasteiger charge is 2.37. The molecule has 0 amide bonds. The second-order valence-electron chi connectivity index (χ2n) is 11.6. The zero-order valence-corrected chi connectivity index (χ0v) is 21.6. The van der Waals surface area contributed by atoms with Gasteiger partial charge in [0.2, 0.25) is 0 Å². The molecular weight excluding hydrogens is 407 g/mol. The molecule has 0 aliphatic heterocycles. The predicted molar refractivity (Wildman–Crippen MR) is 137 cm³/mol. The summed E-state index contributed by atoms with van der Waals surface area (Å²) < 4.78 is 21.5. The molecule has 5 unspecified atom stereocenters. The Labute approximate surface area is 203 Å². The van der Waals surface area contributed by atoms with E-state index in [4.69, 9.17) is 4.74 Å². The number of halogens is 1. The van der Waals surface area contributed by atoms with E-state index in [1.807, 2.05) is 6.07 Å². The minimum Gasteiger partial charge on any atom is -0.378 e. The van der Waals surface area contributed by atoms with Crippen molar-refractivity contribution in [2.45, 2.75) is 135 Å². The summed E-state index contributed by atoms with van der Waals surface area (Å²) in [5.41, 5.74) is 3.70. The maximum atomic E-state index is 15.2. The van der Waals surface area contributed by atoms with Gasteiger partial charge in [0, 0.05) is 6.61 Å². The average Bonchev–Trinajstić information content (AvgIpc) is 2.84. The summed E-state index contributed by atoms with van der Waals surface area (Å²) in [6.45, 7) is 5.47. The van der Waals surface area contributed by atoms with Crippen molar-refractivity contribution in [2.75, 3.05) is 6.61 Å². The molecule has 33 heavy (non-hydrogen) atoms. The molecule has 1 aromatic rings. The molecule has 3 aliphatic carbocycles. The molecular formula is C31H49FO. The lowest BCUT2D eigenvalue weighted by Gasteiger charge is -2.42. The van der Waals surface area contributed by atoms with E-state index in [1.165, 1.54) is 107 Å². The van der Waals surface area contributed by atoms with E-state index in [0.717, 1.165) is 36.8 Å². The Balaban J connectivity index is 1.29. The fourth-order valence-electron chi connectivity index (χ4n) is 7.16. The summed E-state index contributed by atoms with van der Waals surface area (Å²) in [6.07, 6.45) is 21.8. The van der Waals surface area contributed by atoms with E-state index in [-0.39, 0.29) is 5.82 Å². The van der Waals surface area contributed by atoms with Crippen LogP contribution in [0.3, 0.4) is 0 Å². The van der Waals surface area contributed by atoms with Crippen molar-refractivity contribution in [3.8, 4) is 0 Å². The Morgan fingerprint density at radius 1 is 0.848 bits per heavy atom. The lowest BCUT2D eigenvalue weighted by Crippen LogP contribution is -2.34. The first-order valence-corrected chi connectivity index (χ1v) is 14.6. The molecule has 4 rings (SSSR count). The van der Waals surface area contributed by atoms with Crippen LogP contribution in [0.1, 0.15) is 133 Å². The molecule has 1 aromatic carbocycles. The summed E-state index contributed by atoms with van der Waals surface area (Å²) in [6, 6.07) is 4.35. The molecule has 3 aliphatic rings. The van der Waals surface area contributed by atoms with Gasteiger partial charge in [0.1, 0.15) is 5.82 Å². The molecule has 0 radical (unpaired) electrons. The summed E-state index contributed by atoms with van der Waals surface area (Å²) in [5, 5.41) is 0. The molecule has 5 atom stereocenters. The number of rotatable bonds is 11. The molecule has 2 saturated carbocycles. The standard InChI is InChI=1S/C31H49FO/c1-3-5-7-8-10-23-11-12-27-20-28(22-31(32)30(27)18-23)25-13-14-26-21-29(16-15-24(26)19-25)33-17-9-6-4-2/h20,22-26,29H,3-19,21H2,1-2H3. The maximum absolute atomic E-state index is 15.2. The van der Waals surface area contributed by atoms with E-state index in [9.17, 15) is 0 Å². The molecule has 186 valence electrons. The predicted octanol–water partition coefficient (Wildman–Crippen LogP) is 9.16. The Kier molecular flexibility index (Phi) is 9.71. The molecule has 0 bridgehead atoms. The maximum Gasteiger partial charge on any atom is 0.126 e. The highest BCUT2D eigenvalue weighted by Crippen LogP contribution is 2.47. The second kappa shape index (κ2) is 12.7. The van der Waals surface area contributed by atoms with Crippen LogP contribution in [0.4, 0.5) is 4.39 Å². The van der Waals surface area contributed by atoms with Crippen molar-refractivity contribution in [1.29, 1.82) is 0 Å². The Morgan fingerprint density at radius 2 is 1.64 bits per heavy atom. The average molecular weight is 457 g/mol. The van der Waals surface area contributed by atoms with Crippen LogP contribution < -0.4 is 0 Å². The van der Waals surface area contributed by atoms with Gasteiger partial charge >= 0.3 is 0 Å². The summed E-state index contributed by atoms with van der Waals surface area (Å²) in [5.74, 6) is 3.03. The Morgan fingerprint density at radius 3 is 2.48 bits per heavy atom. The van der Waals surface area contributed by atoms with Crippen LogP contribution in [-0.4, -0.2) is 12.7 Å². The third-order valence-electron chi connectivity index (χ3n) is 9.23. The van der Waals surface area contributed by atoms with Gasteiger partial charge in [-0.1, -0.05) is 64.9 Å². The van der Waals surface area contributed by atoms with E-state index >= 15 is 4.39 Å². The number of ether oxygens (including phenoxy) is 1. The normalized spacial score (nSPS) is 29.5. The third kappa shape index (κ3) is 6.83. The third-order valence-corrected chi connectivity index (χ3v) is 9.23. The van der Waals surface area contributed by atoms with Gasteiger partial charge in [-0.15, -0.1) is 0 Å². The lowest BCUT2D eigenvalue weighted by molar-refractivity contribution is -0.0162. The van der Waals surface area contributed by atoms with Crippen LogP contribution in [0.15, 0.2) is 12.1 Å². The first kappa shape index (κ1) is 25.2. The van der Waals surface area contributed by atoms with Crippen molar-refractivity contribution in [3.05, 3.63) is 34.6 Å². The number of aryl methyl sites for hydroxylation is 1. The Hall–Kier alpha value is -0.890. The highest BCUT2D eigenvalue weighted by atomic mass is 19.1. The van der Waals surface area contributed by atoms with Crippen LogP contribution in [0, 0.1) is 23.6 Å². The number of hydrogen-bond acceptors (Lipinski definition) is 1. The molecule has 2 heteroatoms. The number of hydrogen-bond donors (Lipinski definition) is 0. The van der Waals surface area contributed by atoms with Crippen molar-refractivity contribution >= 4 is 0 Å². The highest BCUT2D eigenvalue weighted by molar-refractivity contribution is 5.37. The molecule has 0 heterocycles. The van der Waals surface area contributed by atoms with Crippen molar-refractivity contribution < 1.29 is 9.13 Å². The minimum atomic E-state index is 0.104. The van der Waals surface area contributed by atoms with Crippen LogP contribution in [0.2, 0.25) is 0 Å². The topological polar surface area (TPSA) is 9.23 Å². The van der Waals surface area contributed by atoms with Gasteiger partial charge in [-0.05, 0) is 111 Å². The van der Waals surface area contributed by atoms with Gasteiger partial charge in [0.05, 0.1) is 6.10 Å². The second-order valence-corrected chi connectivity index (χ2v) is 11.6. The molecule has 0 spiro atoms. The molecule has 2 fully saturated rings. The Bertz CT molecular complexity index is 728. The molecule has 0 saturated heterocycles. The van der Waals surface area contributed by atoms with Crippen LogP contribution in [0.5, 0.6) is 0 Å². The smallest absolute Gasteiger partial charge is 0.126 e. The first-order chi connectivity index (χ1) is 16.2. The minimum absolute atomic E-state index is 0.104. The largest absolute Gasteiger partial charge is 0.378 e. The SMILES string of the molecule is CCCCCCC1CCc2cc(C3CCC4CC(OCCCCC)CCC4C3)cc(F)c2C1. The molecule has 1 nitrogen and oxygen atoms in total. The van der Waals surface area contributed by atoms with E-state index in [2.05, 4.69) is 19.9 Å². The van der Waals surface area contributed by atoms with Crippen LogP contribution >= 0.6 is 0 Å². The van der Waals surface area contributed by atoms with Gasteiger partial charge in [-0.3, -0.25) is 0 Å². The summed E-state index contributed by atoms with van der Waals surface area (Å²) in [7, 11) is 0. The molecule has 0 N–H and O–H groups in total. The number of fused-ring (bicyclic) bond motifs is 2. The zero-order chi connectivity index (χ0) is 23.0. The van der Waals surface area contributed by atoms with E-state index in [1.54, 1.807) is 0 Å². The van der Waals surface area contributed by atoms with Crippen LogP contribution in [0.25, 0.3) is 0 Å². The van der Waals surface area contributed by atoms with Gasteiger partial charge in [-0.2, -0.15) is 0 Å². The first-order valence-electron chi connectivity index (χ1n) is 14.6. The lowest BCUT2D eigenvalue weighted by atomic mass is 9.65. The summed E-state index contributed by atoms with van der Waals surface area (Å²) >= 11 is 0. The fourth-order valence-corrected chi connectivity index (χ4v) is 7.16. The number of unbranched alkanes of at least 4 members (excludes halogenated alkanes) is 5.